The lowest BCUT2D eigenvalue weighted by atomic mass is 10.1. The fraction of sp³-hybridized carbons (Fsp3) is 0.0833. The maximum Gasteiger partial charge on any atom is 0.293 e. The van der Waals surface area contributed by atoms with Crippen LogP contribution in [-0.2, 0) is 0 Å². The number of hydrogen-bond donors (Lipinski definition) is 2. The van der Waals surface area contributed by atoms with Crippen molar-refractivity contribution in [3.05, 3.63) is 94.2 Å². The molecule has 0 aliphatic rings. The van der Waals surface area contributed by atoms with E-state index in [2.05, 4.69) is 10.6 Å². The van der Waals surface area contributed by atoms with Crippen LogP contribution in [0.4, 0.5) is 11.4 Å². The number of amides is 2. The van der Waals surface area contributed by atoms with Crippen molar-refractivity contribution in [3.63, 3.8) is 0 Å². The van der Waals surface area contributed by atoms with E-state index < -0.39 is 5.91 Å². The number of para-hydroxylation sites is 1. The van der Waals surface area contributed by atoms with Crippen molar-refractivity contribution in [3.8, 4) is 0 Å². The SMILES string of the molecule is Cc1ccc(NC(=O)c2oc3ccccc3c2NC(=O)c2ccc(Cl)cc2)cc1C. The summed E-state index contributed by atoms with van der Waals surface area (Å²) in [5.41, 5.74) is 4.10. The molecule has 0 fully saturated rings. The third-order valence-corrected chi connectivity index (χ3v) is 5.16. The lowest BCUT2D eigenvalue weighted by Crippen LogP contribution is -2.17. The molecule has 0 spiro atoms. The minimum atomic E-state index is -0.444. The van der Waals surface area contributed by atoms with Gasteiger partial charge < -0.3 is 15.1 Å². The van der Waals surface area contributed by atoms with E-state index in [1.165, 1.54) is 0 Å². The van der Waals surface area contributed by atoms with Crippen LogP contribution in [0.3, 0.4) is 0 Å². The van der Waals surface area contributed by atoms with Gasteiger partial charge in [-0.15, -0.1) is 0 Å². The molecule has 150 valence electrons. The number of anilines is 2. The maximum atomic E-state index is 13.0. The number of halogens is 1. The highest BCUT2D eigenvalue weighted by atomic mass is 35.5. The predicted molar refractivity (Wildman–Crippen MR) is 119 cm³/mol. The van der Waals surface area contributed by atoms with Crippen molar-refractivity contribution in [1.82, 2.24) is 0 Å². The second-order valence-electron chi connectivity index (χ2n) is 7.02. The molecule has 30 heavy (non-hydrogen) atoms. The van der Waals surface area contributed by atoms with Gasteiger partial charge in [0, 0.05) is 21.7 Å². The molecule has 3 aromatic carbocycles. The molecule has 1 heterocycles. The van der Waals surface area contributed by atoms with Crippen LogP contribution >= 0.6 is 11.6 Å². The standard InChI is InChI=1S/C24H19ClN2O3/c1-14-7-12-18(13-15(14)2)26-24(29)22-21(19-5-3-4-6-20(19)30-22)27-23(28)16-8-10-17(25)11-9-16/h3-13H,1-2H3,(H,26,29)(H,27,28). The molecule has 5 nitrogen and oxygen atoms in total. The zero-order chi connectivity index (χ0) is 21.3. The van der Waals surface area contributed by atoms with Gasteiger partial charge in [-0.25, -0.2) is 0 Å². The zero-order valence-electron chi connectivity index (χ0n) is 16.5. The average Bonchev–Trinajstić information content (AvgIpc) is 3.10. The van der Waals surface area contributed by atoms with Crippen LogP contribution in [0.15, 0.2) is 71.1 Å². The number of rotatable bonds is 4. The number of hydrogen-bond acceptors (Lipinski definition) is 3. The molecule has 0 unspecified atom stereocenters. The molecule has 1 aromatic heterocycles. The van der Waals surface area contributed by atoms with Gasteiger partial charge in [0.25, 0.3) is 11.8 Å². The highest BCUT2D eigenvalue weighted by Crippen LogP contribution is 2.32. The largest absolute Gasteiger partial charge is 0.449 e. The summed E-state index contributed by atoms with van der Waals surface area (Å²) in [4.78, 5) is 25.7. The summed E-state index contributed by atoms with van der Waals surface area (Å²) in [7, 11) is 0. The van der Waals surface area contributed by atoms with Crippen LogP contribution in [0.25, 0.3) is 11.0 Å². The predicted octanol–water partition coefficient (Wildman–Crippen LogP) is 6.21. The molecule has 4 rings (SSSR count). The summed E-state index contributed by atoms with van der Waals surface area (Å²) in [6, 6.07) is 19.3. The maximum absolute atomic E-state index is 13.0. The Morgan fingerprint density at radius 1 is 0.833 bits per heavy atom. The number of carbonyl (C=O) groups excluding carboxylic acids is 2. The number of fused-ring (bicyclic) bond motifs is 1. The summed E-state index contributed by atoms with van der Waals surface area (Å²) < 4.78 is 5.80. The molecule has 0 aliphatic heterocycles. The fourth-order valence-electron chi connectivity index (χ4n) is 3.12. The molecular formula is C24H19ClN2O3. The van der Waals surface area contributed by atoms with Crippen LogP contribution in [0, 0.1) is 13.8 Å². The molecule has 2 amide bonds. The Morgan fingerprint density at radius 3 is 2.30 bits per heavy atom. The Hall–Kier alpha value is -3.57. The van der Waals surface area contributed by atoms with E-state index >= 15 is 0 Å². The third kappa shape index (κ3) is 3.93. The first-order valence-electron chi connectivity index (χ1n) is 9.39. The summed E-state index contributed by atoms with van der Waals surface area (Å²) in [6.45, 7) is 3.98. The first-order valence-corrected chi connectivity index (χ1v) is 9.77. The number of furan rings is 1. The van der Waals surface area contributed by atoms with Gasteiger partial charge in [-0.2, -0.15) is 0 Å². The van der Waals surface area contributed by atoms with E-state index in [0.717, 1.165) is 11.1 Å². The molecule has 0 saturated carbocycles. The summed E-state index contributed by atoms with van der Waals surface area (Å²) in [5, 5.41) is 6.85. The fourth-order valence-corrected chi connectivity index (χ4v) is 3.25. The number of benzene rings is 3. The van der Waals surface area contributed by atoms with E-state index in [-0.39, 0.29) is 11.7 Å². The summed E-state index contributed by atoms with van der Waals surface area (Å²) >= 11 is 5.90. The first kappa shape index (κ1) is 19.7. The second kappa shape index (κ2) is 8.05. The molecule has 0 atom stereocenters. The molecule has 0 aliphatic carbocycles. The molecular weight excluding hydrogens is 400 g/mol. The number of carbonyl (C=O) groups is 2. The number of nitrogens with one attached hydrogen (secondary N) is 2. The third-order valence-electron chi connectivity index (χ3n) is 4.91. The topological polar surface area (TPSA) is 71.3 Å². The lowest BCUT2D eigenvalue weighted by Gasteiger charge is -2.09. The van der Waals surface area contributed by atoms with E-state index in [4.69, 9.17) is 16.0 Å². The minimum Gasteiger partial charge on any atom is -0.449 e. The van der Waals surface area contributed by atoms with Gasteiger partial charge in [0.15, 0.2) is 0 Å². The molecule has 2 N–H and O–H groups in total. The highest BCUT2D eigenvalue weighted by molar-refractivity contribution is 6.30. The smallest absolute Gasteiger partial charge is 0.293 e. The normalized spacial score (nSPS) is 10.8. The van der Waals surface area contributed by atoms with Crippen molar-refractivity contribution in [2.24, 2.45) is 0 Å². The Kier molecular flexibility index (Phi) is 5.29. The van der Waals surface area contributed by atoms with Gasteiger partial charge in [-0.05, 0) is 73.5 Å². The van der Waals surface area contributed by atoms with Crippen molar-refractivity contribution in [2.75, 3.05) is 10.6 Å². The van der Waals surface area contributed by atoms with Gasteiger partial charge >= 0.3 is 0 Å². The monoisotopic (exact) mass is 418 g/mol. The molecule has 4 aromatic rings. The Balaban J connectivity index is 1.69. The van der Waals surface area contributed by atoms with E-state index in [9.17, 15) is 9.59 Å². The minimum absolute atomic E-state index is 0.0386. The van der Waals surface area contributed by atoms with E-state index in [0.29, 0.717) is 32.9 Å². The highest BCUT2D eigenvalue weighted by Gasteiger charge is 2.23. The van der Waals surface area contributed by atoms with Crippen molar-refractivity contribution >= 4 is 45.8 Å². The van der Waals surface area contributed by atoms with Crippen LogP contribution in [0.2, 0.25) is 5.02 Å². The van der Waals surface area contributed by atoms with Crippen LogP contribution in [-0.4, -0.2) is 11.8 Å². The van der Waals surface area contributed by atoms with Crippen molar-refractivity contribution < 1.29 is 14.0 Å². The second-order valence-corrected chi connectivity index (χ2v) is 7.45. The quantitative estimate of drug-likeness (QED) is 0.414. The summed E-state index contributed by atoms with van der Waals surface area (Å²) in [6.07, 6.45) is 0. The van der Waals surface area contributed by atoms with Gasteiger partial charge in [-0.1, -0.05) is 29.8 Å². The number of aryl methyl sites for hydroxylation is 2. The molecule has 0 saturated heterocycles. The van der Waals surface area contributed by atoms with E-state index in [1.807, 2.05) is 44.2 Å². The Labute approximate surface area is 178 Å². The molecule has 0 radical (unpaired) electrons. The summed E-state index contributed by atoms with van der Waals surface area (Å²) in [5.74, 6) is -0.768. The Bertz CT molecular complexity index is 1260. The molecule has 0 bridgehead atoms. The molecule has 6 heteroatoms. The van der Waals surface area contributed by atoms with E-state index in [1.54, 1.807) is 36.4 Å². The van der Waals surface area contributed by atoms with Gasteiger partial charge in [-0.3, -0.25) is 9.59 Å². The van der Waals surface area contributed by atoms with Crippen LogP contribution in [0.1, 0.15) is 32.0 Å². The first-order chi connectivity index (χ1) is 14.4. The van der Waals surface area contributed by atoms with Gasteiger partial charge in [0.2, 0.25) is 5.76 Å². The van der Waals surface area contributed by atoms with Gasteiger partial charge in [0.05, 0.1) is 0 Å². The van der Waals surface area contributed by atoms with Crippen LogP contribution in [0.5, 0.6) is 0 Å². The average molecular weight is 419 g/mol. The Morgan fingerprint density at radius 2 is 1.57 bits per heavy atom. The van der Waals surface area contributed by atoms with Crippen molar-refractivity contribution in [2.45, 2.75) is 13.8 Å². The lowest BCUT2D eigenvalue weighted by molar-refractivity contribution is 0.0999. The zero-order valence-corrected chi connectivity index (χ0v) is 17.2. The van der Waals surface area contributed by atoms with Gasteiger partial charge in [0.1, 0.15) is 11.3 Å². The van der Waals surface area contributed by atoms with Crippen LogP contribution < -0.4 is 10.6 Å². The van der Waals surface area contributed by atoms with Crippen molar-refractivity contribution in [1.29, 1.82) is 0 Å².